The molecule has 0 aliphatic heterocycles. The van der Waals surface area contributed by atoms with Crippen LogP contribution in [-0.2, 0) is 0 Å². The predicted octanol–water partition coefficient (Wildman–Crippen LogP) is 4.76. The summed E-state index contributed by atoms with van der Waals surface area (Å²) in [7, 11) is 1.93. The number of anilines is 1. The third-order valence-corrected chi connectivity index (χ3v) is 5.23. The predicted molar refractivity (Wildman–Crippen MR) is 95.7 cm³/mol. The monoisotopic (exact) mass is 393 g/mol. The van der Waals surface area contributed by atoms with Gasteiger partial charge in [-0.2, -0.15) is 0 Å². The molecule has 0 unspecified atom stereocenters. The molecular weight excluding hydrogens is 373 g/mol. The van der Waals surface area contributed by atoms with Crippen molar-refractivity contribution in [1.82, 2.24) is 9.97 Å². The third-order valence-electron chi connectivity index (χ3n) is 4.17. The molecule has 0 spiro atoms. The molecule has 4 heteroatoms. The van der Waals surface area contributed by atoms with E-state index >= 15 is 0 Å². The lowest BCUT2D eigenvalue weighted by molar-refractivity contribution is 0.691. The first-order valence-corrected chi connectivity index (χ1v) is 8.59. The van der Waals surface area contributed by atoms with Crippen LogP contribution in [0.3, 0.4) is 0 Å². The van der Waals surface area contributed by atoms with Crippen LogP contribution in [-0.4, -0.2) is 17.0 Å². The molecule has 1 aromatic heterocycles. The number of nitrogens with one attached hydrogen (secondary N) is 1. The second-order valence-electron chi connectivity index (χ2n) is 5.69. The van der Waals surface area contributed by atoms with Crippen LogP contribution in [0.2, 0.25) is 0 Å². The van der Waals surface area contributed by atoms with Crippen LogP contribution < -0.4 is 5.32 Å². The van der Waals surface area contributed by atoms with Crippen molar-refractivity contribution >= 4 is 28.4 Å². The SMILES string of the molecule is CNc1nc(-c2ccc(C)cc2)nc(C2CCCC2)c1I. The van der Waals surface area contributed by atoms with E-state index in [1.54, 1.807) is 0 Å². The molecule has 2 aromatic rings. The van der Waals surface area contributed by atoms with Gasteiger partial charge in [0.25, 0.3) is 0 Å². The summed E-state index contributed by atoms with van der Waals surface area (Å²) < 4.78 is 1.18. The van der Waals surface area contributed by atoms with Crippen molar-refractivity contribution in [2.45, 2.75) is 38.5 Å². The molecule has 1 N–H and O–H groups in total. The maximum Gasteiger partial charge on any atom is 0.161 e. The lowest BCUT2D eigenvalue weighted by Gasteiger charge is -2.15. The Labute approximate surface area is 139 Å². The molecule has 0 saturated heterocycles. The fraction of sp³-hybridized carbons (Fsp3) is 0.412. The largest absolute Gasteiger partial charge is 0.372 e. The summed E-state index contributed by atoms with van der Waals surface area (Å²) in [4.78, 5) is 9.60. The molecule has 1 aliphatic carbocycles. The van der Waals surface area contributed by atoms with Crippen LogP contribution in [0.25, 0.3) is 11.4 Å². The smallest absolute Gasteiger partial charge is 0.161 e. The Bertz CT molecular complexity index is 631. The molecular formula is C17H20IN3. The number of nitrogens with zero attached hydrogens (tertiary/aromatic N) is 2. The number of hydrogen-bond donors (Lipinski definition) is 1. The van der Waals surface area contributed by atoms with Gasteiger partial charge in [-0.05, 0) is 42.4 Å². The van der Waals surface area contributed by atoms with Gasteiger partial charge in [-0.1, -0.05) is 42.7 Å². The highest BCUT2D eigenvalue weighted by Gasteiger charge is 2.23. The second kappa shape index (κ2) is 6.30. The topological polar surface area (TPSA) is 37.8 Å². The van der Waals surface area contributed by atoms with E-state index in [0.717, 1.165) is 17.2 Å². The number of benzene rings is 1. The van der Waals surface area contributed by atoms with Gasteiger partial charge in [-0.15, -0.1) is 0 Å². The maximum atomic E-state index is 4.90. The Balaban J connectivity index is 2.08. The Kier molecular flexibility index (Phi) is 4.42. The lowest BCUT2D eigenvalue weighted by atomic mass is 10.0. The molecule has 1 aliphatic rings. The summed E-state index contributed by atoms with van der Waals surface area (Å²) in [5.41, 5.74) is 3.57. The molecule has 0 amide bonds. The van der Waals surface area contributed by atoms with Gasteiger partial charge < -0.3 is 5.32 Å². The van der Waals surface area contributed by atoms with Gasteiger partial charge >= 0.3 is 0 Å². The van der Waals surface area contributed by atoms with Gasteiger partial charge in [0, 0.05) is 18.5 Å². The van der Waals surface area contributed by atoms with E-state index in [-0.39, 0.29) is 0 Å². The molecule has 1 saturated carbocycles. The van der Waals surface area contributed by atoms with Crippen LogP contribution in [0.5, 0.6) is 0 Å². The van der Waals surface area contributed by atoms with Gasteiger partial charge in [0.05, 0.1) is 9.26 Å². The highest BCUT2D eigenvalue weighted by atomic mass is 127. The van der Waals surface area contributed by atoms with Crippen LogP contribution in [0.15, 0.2) is 24.3 Å². The van der Waals surface area contributed by atoms with Crippen molar-refractivity contribution in [3.05, 3.63) is 39.1 Å². The molecule has 0 radical (unpaired) electrons. The minimum atomic E-state index is 0.594. The van der Waals surface area contributed by atoms with Gasteiger partial charge in [-0.3, -0.25) is 0 Å². The summed E-state index contributed by atoms with van der Waals surface area (Å²) in [5.74, 6) is 2.38. The van der Waals surface area contributed by atoms with Crippen LogP contribution in [0.1, 0.15) is 42.9 Å². The summed E-state index contributed by atoms with van der Waals surface area (Å²) >= 11 is 2.38. The summed E-state index contributed by atoms with van der Waals surface area (Å²) in [5, 5.41) is 3.22. The third kappa shape index (κ3) is 3.05. The molecule has 110 valence electrons. The fourth-order valence-corrected chi connectivity index (χ4v) is 3.88. The van der Waals surface area contributed by atoms with E-state index in [2.05, 4.69) is 59.1 Å². The molecule has 3 nitrogen and oxygen atoms in total. The number of halogens is 1. The molecule has 0 atom stereocenters. The van der Waals surface area contributed by atoms with E-state index in [1.165, 1.54) is 40.5 Å². The van der Waals surface area contributed by atoms with E-state index in [4.69, 9.17) is 9.97 Å². The second-order valence-corrected chi connectivity index (χ2v) is 6.77. The molecule has 1 heterocycles. The minimum absolute atomic E-state index is 0.594. The summed E-state index contributed by atoms with van der Waals surface area (Å²) in [6.07, 6.45) is 5.14. The molecule has 21 heavy (non-hydrogen) atoms. The fourth-order valence-electron chi connectivity index (χ4n) is 2.93. The molecule has 3 rings (SSSR count). The maximum absolute atomic E-state index is 4.90. The van der Waals surface area contributed by atoms with Crippen LogP contribution in [0.4, 0.5) is 5.82 Å². The first-order valence-electron chi connectivity index (χ1n) is 7.51. The van der Waals surface area contributed by atoms with E-state index in [9.17, 15) is 0 Å². The van der Waals surface area contributed by atoms with Crippen LogP contribution >= 0.6 is 22.6 Å². The first kappa shape index (κ1) is 14.8. The van der Waals surface area contributed by atoms with Crippen molar-refractivity contribution in [3.63, 3.8) is 0 Å². The molecule has 0 bridgehead atoms. The van der Waals surface area contributed by atoms with Gasteiger partial charge in [0.1, 0.15) is 5.82 Å². The highest BCUT2D eigenvalue weighted by Crippen LogP contribution is 2.37. The lowest BCUT2D eigenvalue weighted by Crippen LogP contribution is -2.08. The average Bonchev–Trinajstić information content (AvgIpc) is 3.02. The minimum Gasteiger partial charge on any atom is -0.372 e. The van der Waals surface area contributed by atoms with Crippen molar-refractivity contribution in [2.75, 3.05) is 12.4 Å². The molecule has 1 fully saturated rings. The van der Waals surface area contributed by atoms with E-state index in [1.807, 2.05) is 7.05 Å². The molecule has 1 aromatic carbocycles. The Morgan fingerprint density at radius 2 is 1.76 bits per heavy atom. The number of hydrogen-bond acceptors (Lipinski definition) is 3. The van der Waals surface area contributed by atoms with Gasteiger partial charge in [0.15, 0.2) is 5.82 Å². The highest BCUT2D eigenvalue weighted by molar-refractivity contribution is 14.1. The standard InChI is InChI=1S/C17H20IN3/c1-11-7-9-13(10-8-11)16-20-15(12-5-3-4-6-12)14(18)17(19-2)21-16/h7-10,12H,3-6H2,1-2H3,(H,19,20,21). The van der Waals surface area contributed by atoms with Crippen molar-refractivity contribution in [3.8, 4) is 11.4 Å². The van der Waals surface area contributed by atoms with Crippen molar-refractivity contribution in [2.24, 2.45) is 0 Å². The zero-order valence-corrected chi connectivity index (χ0v) is 14.6. The zero-order valence-electron chi connectivity index (χ0n) is 12.5. The van der Waals surface area contributed by atoms with Crippen molar-refractivity contribution < 1.29 is 0 Å². The van der Waals surface area contributed by atoms with Crippen molar-refractivity contribution in [1.29, 1.82) is 0 Å². The van der Waals surface area contributed by atoms with Crippen LogP contribution in [0, 0.1) is 10.5 Å². The zero-order chi connectivity index (χ0) is 14.8. The van der Waals surface area contributed by atoms with Gasteiger partial charge in [-0.25, -0.2) is 9.97 Å². The van der Waals surface area contributed by atoms with E-state index in [0.29, 0.717) is 5.92 Å². The average molecular weight is 393 g/mol. The Hall–Kier alpha value is -1.17. The Morgan fingerprint density at radius 3 is 2.38 bits per heavy atom. The number of aromatic nitrogens is 2. The number of rotatable bonds is 3. The summed E-state index contributed by atoms with van der Waals surface area (Å²) in [6, 6.07) is 8.45. The van der Waals surface area contributed by atoms with E-state index < -0.39 is 0 Å². The normalized spacial score (nSPS) is 15.4. The first-order chi connectivity index (χ1) is 10.2. The summed E-state index contributed by atoms with van der Waals surface area (Å²) in [6.45, 7) is 2.10. The van der Waals surface area contributed by atoms with Gasteiger partial charge in [0.2, 0.25) is 0 Å². The quantitative estimate of drug-likeness (QED) is 0.765. The Morgan fingerprint density at radius 1 is 1.10 bits per heavy atom. The number of aryl methyl sites for hydroxylation is 1.